The van der Waals surface area contributed by atoms with Crippen molar-refractivity contribution in [2.45, 2.75) is 32.9 Å². The topological polar surface area (TPSA) is 15.3 Å². The minimum absolute atomic E-state index is 0.268. The maximum Gasteiger partial charge on any atom is 0.0476 e. The first-order chi connectivity index (χ1) is 9.52. The normalized spacial score (nSPS) is 25.2. The highest BCUT2D eigenvalue weighted by molar-refractivity contribution is 6.25. The number of rotatable bonds is 3. The summed E-state index contributed by atoms with van der Waals surface area (Å²) in [4.78, 5) is 2.51. The van der Waals surface area contributed by atoms with Gasteiger partial charge < -0.3 is 5.32 Å². The number of halogens is 1. The minimum atomic E-state index is 0.268. The average molecular weight is 293 g/mol. The molecule has 0 saturated carbocycles. The van der Waals surface area contributed by atoms with Crippen LogP contribution in [-0.4, -0.2) is 30.6 Å². The van der Waals surface area contributed by atoms with E-state index < -0.39 is 0 Å². The van der Waals surface area contributed by atoms with Crippen molar-refractivity contribution in [3.63, 3.8) is 0 Å². The fourth-order valence-electron chi connectivity index (χ4n) is 2.77. The van der Waals surface area contributed by atoms with Crippen LogP contribution in [0.2, 0.25) is 0 Å². The van der Waals surface area contributed by atoms with Crippen molar-refractivity contribution in [3.05, 3.63) is 47.5 Å². The van der Waals surface area contributed by atoms with Crippen LogP contribution in [0.4, 0.5) is 0 Å². The molecule has 0 spiro atoms. The van der Waals surface area contributed by atoms with Gasteiger partial charge in [0.15, 0.2) is 0 Å². The van der Waals surface area contributed by atoms with Gasteiger partial charge in [0.05, 0.1) is 0 Å². The predicted octanol–water partition coefficient (Wildman–Crippen LogP) is 3.80. The zero-order chi connectivity index (χ0) is 14.6. The molecule has 1 aromatic carbocycles. The maximum atomic E-state index is 5.72. The predicted molar refractivity (Wildman–Crippen MR) is 87.0 cm³/mol. The molecule has 0 radical (unpaired) electrons. The van der Waals surface area contributed by atoms with Gasteiger partial charge in [0.2, 0.25) is 0 Å². The third-order valence-corrected chi connectivity index (χ3v) is 4.25. The summed E-state index contributed by atoms with van der Waals surface area (Å²) in [5.74, 6) is 0. The van der Waals surface area contributed by atoms with Crippen molar-refractivity contribution in [3.8, 4) is 0 Å². The molecular formula is C17H25ClN2. The van der Waals surface area contributed by atoms with Gasteiger partial charge in [-0.25, -0.2) is 0 Å². The van der Waals surface area contributed by atoms with Crippen LogP contribution in [0.5, 0.6) is 0 Å². The number of piperazine rings is 1. The SMILES string of the molecule is CC(C)(C)C1CN(C/C=C/Cl)C(c2ccccc2)CN1. The Balaban J connectivity index is 2.16. The maximum absolute atomic E-state index is 5.72. The van der Waals surface area contributed by atoms with E-state index in [0.717, 1.165) is 19.6 Å². The zero-order valence-corrected chi connectivity index (χ0v) is 13.4. The number of nitrogens with zero attached hydrogens (tertiary/aromatic N) is 1. The number of nitrogens with one attached hydrogen (secondary N) is 1. The van der Waals surface area contributed by atoms with Crippen molar-refractivity contribution < 1.29 is 0 Å². The van der Waals surface area contributed by atoms with E-state index >= 15 is 0 Å². The van der Waals surface area contributed by atoms with Gasteiger partial charge in [-0.1, -0.05) is 68.8 Å². The average Bonchev–Trinajstić information content (AvgIpc) is 2.45. The van der Waals surface area contributed by atoms with Gasteiger partial charge in [-0.05, 0) is 11.0 Å². The first kappa shape index (κ1) is 15.6. The second-order valence-corrected chi connectivity index (χ2v) is 6.82. The van der Waals surface area contributed by atoms with Gasteiger partial charge in [0.1, 0.15) is 0 Å². The quantitative estimate of drug-likeness (QED) is 0.911. The molecule has 2 atom stereocenters. The molecule has 1 N–H and O–H groups in total. The Hall–Kier alpha value is -0.830. The summed E-state index contributed by atoms with van der Waals surface area (Å²) in [5, 5.41) is 3.72. The molecule has 1 aromatic rings. The Labute approximate surface area is 127 Å². The third-order valence-electron chi connectivity index (χ3n) is 4.07. The third kappa shape index (κ3) is 3.85. The molecule has 0 amide bonds. The van der Waals surface area contributed by atoms with E-state index in [4.69, 9.17) is 11.6 Å². The molecule has 0 aliphatic carbocycles. The van der Waals surface area contributed by atoms with Crippen LogP contribution in [0.3, 0.4) is 0 Å². The fraction of sp³-hybridized carbons (Fsp3) is 0.529. The fourth-order valence-corrected chi connectivity index (χ4v) is 2.85. The van der Waals surface area contributed by atoms with Crippen LogP contribution in [0.1, 0.15) is 32.4 Å². The first-order valence-corrected chi connectivity index (χ1v) is 7.73. The lowest BCUT2D eigenvalue weighted by atomic mass is 9.84. The smallest absolute Gasteiger partial charge is 0.0476 e. The lowest BCUT2D eigenvalue weighted by molar-refractivity contribution is 0.0958. The number of benzene rings is 1. The van der Waals surface area contributed by atoms with Crippen molar-refractivity contribution in [2.75, 3.05) is 19.6 Å². The second kappa shape index (κ2) is 6.75. The molecular weight excluding hydrogens is 268 g/mol. The standard InChI is InChI=1S/C17H25ClN2/c1-17(2,3)16-13-20(11-7-10-18)15(12-19-16)14-8-5-4-6-9-14/h4-10,15-16,19H,11-13H2,1-3H3/b10-7+. The first-order valence-electron chi connectivity index (χ1n) is 7.30. The molecule has 2 nitrogen and oxygen atoms in total. The van der Waals surface area contributed by atoms with Crippen LogP contribution in [0, 0.1) is 5.41 Å². The largest absolute Gasteiger partial charge is 0.310 e. The molecule has 3 heteroatoms. The van der Waals surface area contributed by atoms with Crippen molar-refractivity contribution >= 4 is 11.6 Å². The molecule has 1 aliphatic rings. The van der Waals surface area contributed by atoms with Crippen LogP contribution in [-0.2, 0) is 0 Å². The van der Waals surface area contributed by atoms with Crippen LogP contribution >= 0.6 is 11.6 Å². The summed E-state index contributed by atoms with van der Waals surface area (Å²) in [5.41, 5.74) is 3.26. The summed E-state index contributed by atoms with van der Waals surface area (Å²) < 4.78 is 0. The summed E-state index contributed by atoms with van der Waals surface area (Å²) in [6, 6.07) is 11.6. The Morgan fingerprint density at radius 3 is 2.60 bits per heavy atom. The number of hydrogen-bond donors (Lipinski definition) is 1. The van der Waals surface area contributed by atoms with Crippen LogP contribution < -0.4 is 5.32 Å². The summed E-state index contributed by atoms with van der Waals surface area (Å²) in [6.07, 6.45) is 2.03. The van der Waals surface area contributed by atoms with Crippen molar-refractivity contribution in [1.82, 2.24) is 10.2 Å². The van der Waals surface area contributed by atoms with Crippen LogP contribution in [0.15, 0.2) is 41.9 Å². The molecule has 1 saturated heterocycles. The van der Waals surface area contributed by atoms with Gasteiger partial charge >= 0.3 is 0 Å². The van der Waals surface area contributed by atoms with Crippen molar-refractivity contribution in [2.24, 2.45) is 5.41 Å². The molecule has 20 heavy (non-hydrogen) atoms. The molecule has 2 rings (SSSR count). The Kier molecular flexibility index (Phi) is 5.25. The zero-order valence-electron chi connectivity index (χ0n) is 12.6. The minimum Gasteiger partial charge on any atom is -0.310 e. The van der Waals surface area contributed by atoms with E-state index in [0.29, 0.717) is 12.1 Å². The highest BCUT2D eigenvalue weighted by Crippen LogP contribution is 2.29. The Morgan fingerprint density at radius 2 is 2.00 bits per heavy atom. The Bertz CT molecular complexity index is 436. The molecule has 2 unspecified atom stereocenters. The second-order valence-electron chi connectivity index (χ2n) is 6.57. The highest BCUT2D eigenvalue weighted by Gasteiger charge is 2.34. The lowest BCUT2D eigenvalue weighted by Crippen LogP contribution is -2.56. The molecule has 1 fully saturated rings. The Morgan fingerprint density at radius 1 is 1.30 bits per heavy atom. The van der Waals surface area contributed by atoms with E-state index in [2.05, 4.69) is 61.3 Å². The highest BCUT2D eigenvalue weighted by atomic mass is 35.5. The molecule has 1 aliphatic heterocycles. The van der Waals surface area contributed by atoms with Gasteiger partial charge in [0, 0.05) is 37.3 Å². The van der Waals surface area contributed by atoms with Crippen molar-refractivity contribution in [1.29, 1.82) is 0 Å². The lowest BCUT2D eigenvalue weighted by Gasteiger charge is -2.45. The van der Waals surface area contributed by atoms with Crippen LogP contribution in [0.25, 0.3) is 0 Å². The van der Waals surface area contributed by atoms with Gasteiger partial charge in [-0.15, -0.1) is 0 Å². The summed E-state index contributed by atoms with van der Waals surface area (Å²) in [7, 11) is 0. The van der Waals surface area contributed by atoms with E-state index in [1.807, 2.05) is 6.08 Å². The van der Waals surface area contributed by atoms with E-state index in [1.54, 1.807) is 5.54 Å². The van der Waals surface area contributed by atoms with Gasteiger partial charge in [-0.3, -0.25) is 4.90 Å². The molecule has 110 valence electrons. The van der Waals surface area contributed by atoms with E-state index in [9.17, 15) is 0 Å². The monoisotopic (exact) mass is 292 g/mol. The van der Waals surface area contributed by atoms with Gasteiger partial charge in [-0.2, -0.15) is 0 Å². The van der Waals surface area contributed by atoms with E-state index in [1.165, 1.54) is 5.56 Å². The molecule has 0 aromatic heterocycles. The van der Waals surface area contributed by atoms with E-state index in [-0.39, 0.29) is 5.41 Å². The summed E-state index contributed by atoms with van der Waals surface area (Å²) in [6.45, 7) is 9.82. The number of hydrogen-bond acceptors (Lipinski definition) is 2. The summed E-state index contributed by atoms with van der Waals surface area (Å²) >= 11 is 5.72. The molecule has 1 heterocycles. The van der Waals surface area contributed by atoms with Gasteiger partial charge in [0.25, 0.3) is 0 Å². The molecule has 0 bridgehead atoms.